The van der Waals surface area contributed by atoms with Crippen LogP contribution in [0.15, 0.2) is 59.1 Å². The molecule has 2 aliphatic heterocycles. The Morgan fingerprint density at radius 3 is 2.28 bits per heavy atom. The van der Waals surface area contributed by atoms with E-state index in [1.807, 2.05) is 32.0 Å². The second-order valence-electron chi connectivity index (χ2n) is 10.4. The van der Waals surface area contributed by atoms with Crippen LogP contribution >= 0.6 is 0 Å². The molecule has 4 heterocycles. The predicted molar refractivity (Wildman–Crippen MR) is 153 cm³/mol. The molecule has 1 unspecified atom stereocenters. The monoisotopic (exact) mass is 531 g/mol. The first-order valence-electron chi connectivity index (χ1n) is 13.4. The fourth-order valence-corrected chi connectivity index (χ4v) is 5.09. The Morgan fingerprint density at radius 1 is 0.949 bits per heavy atom. The number of phenols is 1. The molecular formula is C30H37N5O4. The van der Waals surface area contributed by atoms with Gasteiger partial charge in [0.2, 0.25) is 0 Å². The molecule has 0 bridgehead atoms. The van der Waals surface area contributed by atoms with Crippen molar-refractivity contribution >= 4 is 28.9 Å². The van der Waals surface area contributed by atoms with Gasteiger partial charge in [0.25, 0.3) is 6.47 Å². The van der Waals surface area contributed by atoms with Gasteiger partial charge in [-0.25, -0.2) is 0 Å². The van der Waals surface area contributed by atoms with Crippen LogP contribution in [0.2, 0.25) is 0 Å². The fourth-order valence-electron chi connectivity index (χ4n) is 5.09. The number of benzene rings is 2. The Labute approximate surface area is 229 Å². The molecule has 206 valence electrons. The molecule has 2 aliphatic rings. The lowest BCUT2D eigenvalue weighted by molar-refractivity contribution is -0.122. The molecule has 4 aromatic rings. The van der Waals surface area contributed by atoms with E-state index in [1.54, 1.807) is 12.1 Å². The summed E-state index contributed by atoms with van der Waals surface area (Å²) < 4.78 is 5.61. The quantitative estimate of drug-likeness (QED) is 0.308. The van der Waals surface area contributed by atoms with Gasteiger partial charge in [-0.3, -0.25) is 4.79 Å². The molecule has 2 aromatic carbocycles. The summed E-state index contributed by atoms with van der Waals surface area (Å²) in [6.07, 6.45) is 0. The van der Waals surface area contributed by atoms with Gasteiger partial charge in [0.05, 0.1) is 11.2 Å². The summed E-state index contributed by atoms with van der Waals surface area (Å²) >= 11 is 0. The molecular weight excluding hydrogens is 494 g/mol. The standard InChI is InChI=1S/C27H29N5O2.C2H6.CH2O2/c1-17(2)18(3)25-12-26(30-34-25)32-15-27(16-32)13-31(14-27)20-9-8-19-10-23(29-28-22(19)11-20)21-6-4-5-7-24(21)33;1-2;2-1-3/h4-12,17-18,33H,13-16H2,1-3H3;1-2H3;1H,(H,2,3). The Kier molecular flexibility index (Phi) is 8.38. The number of aromatic hydroxyl groups is 1. The summed E-state index contributed by atoms with van der Waals surface area (Å²) in [6.45, 7) is 14.5. The zero-order valence-corrected chi connectivity index (χ0v) is 23.2. The van der Waals surface area contributed by atoms with E-state index in [1.165, 1.54) is 5.69 Å². The zero-order valence-electron chi connectivity index (χ0n) is 23.2. The highest BCUT2D eigenvalue weighted by molar-refractivity contribution is 5.85. The molecule has 0 saturated carbocycles. The third-order valence-corrected chi connectivity index (χ3v) is 7.51. The van der Waals surface area contributed by atoms with Crippen LogP contribution < -0.4 is 9.80 Å². The fraction of sp³-hybridized carbons (Fsp3) is 0.400. The number of fused-ring (bicyclic) bond motifs is 1. The first-order valence-corrected chi connectivity index (χ1v) is 13.4. The smallest absolute Gasteiger partial charge is 0.290 e. The molecule has 39 heavy (non-hydrogen) atoms. The largest absolute Gasteiger partial charge is 0.507 e. The lowest BCUT2D eigenvalue weighted by Gasteiger charge is -2.61. The van der Waals surface area contributed by atoms with Crippen LogP contribution in [0.1, 0.15) is 46.3 Å². The van der Waals surface area contributed by atoms with Crippen LogP contribution in [0.5, 0.6) is 5.75 Å². The van der Waals surface area contributed by atoms with Crippen molar-refractivity contribution in [3.63, 3.8) is 0 Å². The summed E-state index contributed by atoms with van der Waals surface area (Å²) in [7, 11) is 0. The minimum Gasteiger partial charge on any atom is -0.507 e. The van der Waals surface area contributed by atoms with Crippen molar-refractivity contribution in [1.82, 2.24) is 15.4 Å². The number of hydrogen-bond donors (Lipinski definition) is 2. The summed E-state index contributed by atoms with van der Waals surface area (Å²) in [5.41, 5.74) is 3.74. The van der Waals surface area contributed by atoms with Crippen molar-refractivity contribution in [3.8, 4) is 17.0 Å². The van der Waals surface area contributed by atoms with Gasteiger partial charge in [0.15, 0.2) is 5.82 Å². The topological polar surface area (TPSA) is 116 Å². The van der Waals surface area contributed by atoms with Crippen molar-refractivity contribution in [2.45, 2.75) is 40.5 Å². The highest BCUT2D eigenvalue weighted by atomic mass is 16.5. The number of nitrogens with zero attached hydrogens (tertiary/aromatic N) is 5. The maximum absolute atomic E-state index is 10.1. The van der Waals surface area contributed by atoms with E-state index < -0.39 is 0 Å². The van der Waals surface area contributed by atoms with Crippen LogP contribution in [0.25, 0.3) is 22.2 Å². The van der Waals surface area contributed by atoms with Gasteiger partial charge >= 0.3 is 0 Å². The van der Waals surface area contributed by atoms with Crippen LogP contribution in [0, 0.1) is 11.3 Å². The van der Waals surface area contributed by atoms with Crippen LogP contribution in [-0.4, -0.2) is 58.2 Å². The zero-order chi connectivity index (χ0) is 28.2. The molecule has 0 amide bonds. The Balaban J connectivity index is 0.000000662. The predicted octanol–water partition coefficient (Wildman–Crippen LogP) is 5.80. The highest BCUT2D eigenvalue weighted by Crippen LogP contribution is 2.44. The molecule has 2 saturated heterocycles. The van der Waals surface area contributed by atoms with Gasteiger partial charge < -0.3 is 24.5 Å². The third kappa shape index (κ3) is 5.67. The second kappa shape index (κ2) is 11.7. The average molecular weight is 532 g/mol. The maximum atomic E-state index is 10.1. The summed E-state index contributed by atoms with van der Waals surface area (Å²) in [5, 5.41) is 31.1. The second-order valence-corrected chi connectivity index (χ2v) is 10.4. The number of carboxylic acid groups (broad SMARTS) is 1. The average Bonchev–Trinajstić information content (AvgIpc) is 3.38. The maximum Gasteiger partial charge on any atom is 0.290 e. The summed E-state index contributed by atoms with van der Waals surface area (Å²) in [6, 6.07) is 17.7. The van der Waals surface area contributed by atoms with E-state index in [2.05, 4.69) is 70.2 Å². The van der Waals surface area contributed by atoms with Crippen molar-refractivity contribution in [2.24, 2.45) is 11.3 Å². The van der Waals surface area contributed by atoms with E-state index in [0.717, 1.165) is 48.7 Å². The number of aromatic nitrogens is 3. The number of phenolic OH excluding ortho intramolecular Hbond substituents is 1. The van der Waals surface area contributed by atoms with Gasteiger partial charge in [-0.05, 0) is 36.2 Å². The Bertz CT molecular complexity index is 1410. The van der Waals surface area contributed by atoms with E-state index >= 15 is 0 Å². The summed E-state index contributed by atoms with van der Waals surface area (Å²) in [4.78, 5) is 13.1. The highest BCUT2D eigenvalue weighted by Gasteiger charge is 2.52. The number of rotatable bonds is 5. The molecule has 9 nitrogen and oxygen atoms in total. The minimum absolute atomic E-state index is 0.212. The third-order valence-electron chi connectivity index (χ3n) is 7.51. The van der Waals surface area contributed by atoms with E-state index in [-0.39, 0.29) is 12.2 Å². The van der Waals surface area contributed by atoms with Crippen LogP contribution in [0.4, 0.5) is 11.5 Å². The molecule has 2 N–H and O–H groups in total. The van der Waals surface area contributed by atoms with E-state index in [9.17, 15) is 5.11 Å². The van der Waals surface area contributed by atoms with E-state index in [0.29, 0.717) is 28.5 Å². The van der Waals surface area contributed by atoms with E-state index in [4.69, 9.17) is 14.4 Å². The molecule has 2 fully saturated rings. The molecule has 0 aliphatic carbocycles. The van der Waals surface area contributed by atoms with Gasteiger partial charge in [0, 0.05) is 60.2 Å². The van der Waals surface area contributed by atoms with Gasteiger partial charge in [-0.1, -0.05) is 58.0 Å². The number of para-hydroxylation sites is 1. The van der Waals surface area contributed by atoms with Gasteiger partial charge in [0.1, 0.15) is 11.5 Å². The molecule has 2 aromatic heterocycles. The lowest BCUT2D eigenvalue weighted by atomic mass is 9.72. The lowest BCUT2D eigenvalue weighted by Crippen LogP contribution is -2.72. The molecule has 6 rings (SSSR count). The number of carbonyl (C=O) groups is 1. The van der Waals surface area contributed by atoms with Crippen molar-refractivity contribution in [2.75, 3.05) is 36.0 Å². The summed E-state index contributed by atoms with van der Waals surface area (Å²) in [5.74, 6) is 3.06. The molecule has 1 atom stereocenters. The minimum atomic E-state index is -0.250. The molecule has 9 heteroatoms. The Hall–Kier alpha value is -4.14. The molecule has 1 spiro atoms. The SMILES string of the molecule is CC.CC(C)C(C)c1cc(N2CC3(CN(c4ccc5cc(-c6ccccc6O)nnc5c4)C3)C2)no1.O=CO. The number of hydrogen-bond acceptors (Lipinski definition) is 8. The van der Waals surface area contributed by atoms with Gasteiger partial charge in [-0.15, -0.1) is 10.2 Å². The van der Waals surface area contributed by atoms with Gasteiger partial charge in [-0.2, -0.15) is 0 Å². The first-order chi connectivity index (χ1) is 18.8. The van der Waals surface area contributed by atoms with Crippen molar-refractivity contribution in [1.29, 1.82) is 0 Å². The van der Waals surface area contributed by atoms with Crippen molar-refractivity contribution < 1.29 is 19.5 Å². The number of anilines is 2. The van der Waals surface area contributed by atoms with Crippen molar-refractivity contribution in [3.05, 3.63) is 60.4 Å². The van der Waals surface area contributed by atoms with Crippen LogP contribution in [0.3, 0.4) is 0 Å². The Morgan fingerprint density at radius 2 is 1.62 bits per heavy atom. The molecule has 0 radical (unpaired) electrons. The first kappa shape index (κ1) is 27.9. The normalized spacial score (nSPS) is 15.9. The van der Waals surface area contributed by atoms with Crippen LogP contribution in [-0.2, 0) is 4.79 Å².